The SMILES string of the molecule is CC(C1CCCCC1)N1CC(S(N)(=O)=O)CC1=O. The minimum atomic E-state index is -3.60. The average Bonchev–Trinajstić information content (AvgIpc) is 2.71. The normalized spacial score (nSPS) is 28.7. The molecule has 18 heavy (non-hydrogen) atoms. The second-order valence-corrected chi connectivity index (χ2v) is 7.44. The summed E-state index contributed by atoms with van der Waals surface area (Å²) < 4.78 is 22.6. The van der Waals surface area contributed by atoms with Crippen LogP contribution >= 0.6 is 0 Å². The van der Waals surface area contributed by atoms with E-state index in [-0.39, 0.29) is 24.9 Å². The van der Waals surface area contributed by atoms with Gasteiger partial charge in [0.25, 0.3) is 0 Å². The fourth-order valence-electron chi connectivity index (χ4n) is 3.18. The van der Waals surface area contributed by atoms with Gasteiger partial charge in [0.2, 0.25) is 15.9 Å². The van der Waals surface area contributed by atoms with E-state index in [9.17, 15) is 13.2 Å². The molecule has 2 N–H and O–H groups in total. The molecular formula is C12H22N2O3S. The first-order valence-corrected chi connectivity index (χ1v) is 8.31. The molecule has 1 heterocycles. The fourth-order valence-corrected chi connectivity index (χ4v) is 3.93. The molecule has 0 radical (unpaired) electrons. The first-order chi connectivity index (χ1) is 8.39. The molecule has 104 valence electrons. The highest BCUT2D eigenvalue weighted by Gasteiger charge is 2.40. The van der Waals surface area contributed by atoms with Crippen molar-refractivity contribution in [3.05, 3.63) is 0 Å². The predicted molar refractivity (Wildman–Crippen MR) is 69.3 cm³/mol. The summed E-state index contributed by atoms with van der Waals surface area (Å²) in [5.41, 5.74) is 0. The molecule has 2 unspecified atom stereocenters. The Kier molecular flexibility index (Phi) is 3.96. The summed E-state index contributed by atoms with van der Waals surface area (Å²) in [5, 5.41) is 4.43. The molecule has 0 aromatic carbocycles. The van der Waals surface area contributed by atoms with Crippen LogP contribution in [0.25, 0.3) is 0 Å². The van der Waals surface area contributed by atoms with Gasteiger partial charge in [0, 0.05) is 19.0 Å². The van der Waals surface area contributed by atoms with Gasteiger partial charge in [0.05, 0.1) is 0 Å². The van der Waals surface area contributed by atoms with Gasteiger partial charge in [-0.3, -0.25) is 4.79 Å². The van der Waals surface area contributed by atoms with Crippen molar-refractivity contribution >= 4 is 15.9 Å². The second kappa shape index (κ2) is 5.17. The third-order valence-corrected chi connectivity index (χ3v) is 5.66. The first-order valence-electron chi connectivity index (χ1n) is 6.70. The van der Waals surface area contributed by atoms with Crippen molar-refractivity contribution in [1.82, 2.24) is 4.90 Å². The maximum atomic E-state index is 11.9. The minimum absolute atomic E-state index is 0.0515. The highest BCUT2D eigenvalue weighted by Crippen LogP contribution is 2.31. The fraction of sp³-hybridized carbons (Fsp3) is 0.917. The number of carbonyl (C=O) groups excluding carboxylic acids is 1. The van der Waals surface area contributed by atoms with Gasteiger partial charge >= 0.3 is 0 Å². The molecule has 0 aromatic rings. The van der Waals surface area contributed by atoms with E-state index in [0.29, 0.717) is 5.92 Å². The van der Waals surface area contributed by atoms with E-state index in [1.807, 2.05) is 6.92 Å². The molecular weight excluding hydrogens is 252 g/mol. The molecule has 1 amide bonds. The highest BCUT2D eigenvalue weighted by molar-refractivity contribution is 7.89. The summed E-state index contributed by atoms with van der Waals surface area (Å²) >= 11 is 0. The van der Waals surface area contributed by atoms with Gasteiger partial charge in [-0.1, -0.05) is 19.3 Å². The number of nitrogens with zero attached hydrogens (tertiary/aromatic N) is 1. The molecule has 1 aliphatic carbocycles. The molecule has 0 spiro atoms. The van der Waals surface area contributed by atoms with Crippen molar-refractivity contribution in [2.45, 2.75) is 56.7 Å². The summed E-state index contributed by atoms with van der Waals surface area (Å²) in [6.45, 7) is 2.31. The monoisotopic (exact) mass is 274 g/mol. The van der Waals surface area contributed by atoms with E-state index in [1.165, 1.54) is 19.3 Å². The highest BCUT2D eigenvalue weighted by atomic mass is 32.2. The maximum Gasteiger partial charge on any atom is 0.224 e. The van der Waals surface area contributed by atoms with E-state index in [1.54, 1.807) is 4.90 Å². The van der Waals surface area contributed by atoms with Gasteiger partial charge in [-0.15, -0.1) is 0 Å². The quantitative estimate of drug-likeness (QED) is 0.828. The lowest BCUT2D eigenvalue weighted by atomic mass is 9.84. The van der Waals surface area contributed by atoms with Crippen molar-refractivity contribution in [2.24, 2.45) is 11.1 Å². The lowest BCUT2D eigenvalue weighted by Crippen LogP contribution is -2.41. The number of amides is 1. The molecule has 6 heteroatoms. The Bertz CT molecular complexity index is 415. The molecule has 2 fully saturated rings. The van der Waals surface area contributed by atoms with Crippen LogP contribution in [0, 0.1) is 5.92 Å². The number of carbonyl (C=O) groups is 1. The Morgan fingerprint density at radius 3 is 2.39 bits per heavy atom. The van der Waals surface area contributed by atoms with Crippen molar-refractivity contribution < 1.29 is 13.2 Å². The standard InChI is InChI=1S/C12H22N2O3S/c1-9(10-5-3-2-4-6-10)14-8-11(7-12(14)15)18(13,16)17/h9-11H,2-8H2,1H3,(H2,13,16,17). The molecule has 0 bridgehead atoms. The molecule has 5 nitrogen and oxygen atoms in total. The zero-order valence-corrected chi connectivity index (χ0v) is 11.7. The van der Waals surface area contributed by atoms with Gasteiger partial charge in [0.15, 0.2) is 0 Å². The third kappa shape index (κ3) is 2.85. The summed E-state index contributed by atoms with van der Waals surface area (Å²) in [6, 6.07) is 0.143. The van der Waals surface area contributed by atoms with Crippen molar-refractivity contribution in [2.75, 3.05) is 6.54 Å². The number of hydrogen-bond acceptors (Lipinski definition) is 3. The molecule has 2 atom stereocenters. The summed E-state index contributed by atoms with van der Waals surface area (Å²) in [7, 11) is -3.60. The zero-order chi connectivity index (χ0) is 13.3. The summed E-state index contributed by atoms with van der Waals surface area (Å²) in [5.74, 6) is 0.453. The van der Waals surface area contributed by atoms with E-state index < -0.39 is 15.3 Å². The van der Waals surface area contributed by atoms with E-state index in [0.717, 1.165) is 12.8 Å². The van der Waals surface area contributed by atoms with Crippen LogP contribution in [0.1, 0.15) is 45.4 Å². The van der Waals surface area contributed by atoms with Gasteiger partial charge in [-0.05, 0) is 25.7 Å². The van der Waals surface area contributed by atoms with Crippen LogP contribution in [-0.2, 0) is 14.8 Å². The Labute approximate surface area is 109 Å². The predicted octanol–water partition coefficient (Wildman–Crippen LogP) is 0.845. The molecule has 1 saturated carbocycles. The first kappa shape index (κ1) is 13.8. The van der Waals surface area contributed by atoms with Crippen LogP contribution in [0.2, 0.25) is 0 Å². The molecule has 1 saturated heterocycles. The summed E-state index contributed by atoms with van der Waals surface area (Å²) in [6.07, 6.45) is 6.05. The van der Waals surface area contributed by atoms with E-state index >= 15 is 0 Å². The number of sulfonamides is 1. The maximum absolute atomic E-state index is 11.9. The van der Waals surface area contributed by atoms with Gasteiger partial charge in [-0.25, -0.2) is 13.6 Å². The topological polar surface area (TPSA) is 80.5 Å². The molecule has 2 aliphatic rings. The van der Waals surface area contributed by atoms with E-state index in [4.69, 9.17) is 5.14 Å². The average molecular weight is 274 g/mol. The molecule has 0 aromatic heterocycles. The van der Waals surface area contributed by atoms with Crippen molar-refractivity contribution in [1.29, 1.82) is 0 Å². The summed E-state index contributed by atoms with van der Waals surface area (Å²) in [4.78, 5) is 13.6. The van der Waals surface area contributed by atoms with E-state index in [2.05, 4.69) is 0 Å². The Balaban J connectivity index is 2.02. The van der Waals surface area contributed by atoms with Gasteiger partial charge < -0.3 is 4.90 Å². The van der Waals surface area contributed by atoms with Crippen LogP contribution in [0.15, 0.2) is 0 Å². The van der Waals surface area contributed by atoms with Gasteiger partial charge in [0.1, 0.15) is 5.25 Å². The Morgan fingerprint density at radius 2 is 1.89 bits per heavy atom. The van der Waals surface area contributed by atoms with Crippen LogP contribution in [0.3, 0.4) is 0 Å². The second-order valence-electron chi connectivity index (χ2n) is 5.60. The van der Waals surface area contributed by atoms with Gasteiger partial charge in [-0.2, -0.15) is 0 Å². The van der Waals surface area contributed by atoms with Crippen molar-refractivity contribution in [3.63, 3.8) is 0 Å². The van der Waals surface area contributed by atoms with Crippen LogP contribution in [0.4, 0.5) is 0 Å². The number of primary sulfonamides is 1. The van der Waals surface area contributed by atoms with Crippen LogP contribution in [0.5, 0.6) is 0 Å². The van der Waals surface area contributed by atoms with Crippen LogP contribution < -0.4 is 5.14 Å². The molecule has 2 rings (SSSR count). The minimum Gasteiger partial charge on any atom is -0.338 e. The molecule has 1 aliphatic heterocycles. The number of rotatable bonds is 3. The smallest absolute Gasteiger partial charge is 0.224 e. The number of likely N-dealkylation sites (tertiary alicyclic amines) is 1. The number of hydrogen-bond donors (Lipinski definition) is 1. The number of nitrogens with two attached hydrogens (primary N) is 1. The lowest BCUT2D eigenvalue weighted by Gasteiger charge is -2.34. The third-order valence-electron chi connectivity index (χ3n) is 4.41. The lowest BCUT2D eigenvalue weighted by molar-refractivity contribution is -0.130. The zero-order valence-electron chi connectivity index (χ0n) is 10.8. The van der Waals surface area contributed by atoms with Crippen LogP contribution in [-0.4, -0.2) is 37.1 Å². The van der Waals surface area contributed by atoms with Crippen molar-refractivity contribution in [3.8, 4) is 0 Å². The Hall–Kier alpha value is -0.620. The Morgan fingerprint density at radius 1 is 1.28 bits per heavy atom. The largest absolute Gasteiger partial charge is 0.338 e.